The van der Waals surface area contributed by atoms with Gasteiger partial charge in [0.25, 0.3) is 5.91 Å². The van der Waals surface area contributed by atoms with Crippen LogP contribution >= 0.6 is 0 Å². The normalized spacial score (nSPS) is 17.4. The van der Waals surface area contributed by atoms with Crippen LogP contribution in [0, 0.1) is 13.8 Å². The highest BCUT2D eigenvalue weighted by Gasteiger charge is 2.33. The van der Waals surface area contributed by atoms with E-state index in [1.54, 1.807) is 13.8 Å². The van der Waals surface area contributed by atoms with Gasteiger partial charge in [-0.25, -0.2) is 13.6 Å². The van der Waals surface area contributed by atoms with E-state index in [0.717, 1.165) is 30.4 Å². The predicted octanol–water partition coefficient (Wildman–Crippen LogP) is 1.62. The third-order valence-corrected chi connectivity index (χ3v) is 4.98. The molecule has 0 radical (unpaired) electrons. The van der Waals surface area contributed by atoms with Crippen LogP contribution in [0.2, 0.25) is 0 Å². The molecule has 1 aliphatic carbocycles. The second kappa shape index (κ2) is 4.86. The molecular weight excluding hydrogens is 276 g/mol. The molecule has 1 aromatic rings. The molecule has 0 bridgehead atoms. The zero-order valence-electron chi connectivity index (χ0n) is 12.0. The van der Waals surface area contributed by atoms with Gasteiger partial charge >= 0.3 is 0 Å². The molecule has 0 unspecified atom stereocenters. The van der Waals surface area contributed by atoms with E-state index < -0.39 is 10.0 Å². The van der Waals surface area contributed by atoms with Crippen molar-refractivity contribution in [2.75, 3.05) is 0 Å². The SMILES string of the molecule is Cc1cc(S(N)(=O)=O)cc(C(=O)NC2(C)CCC2)c1C. The lowest BCUT2D eigenvalue weighted by Gasteiger charge is -2.39. The fourth-order valence-electron chi connectivity index (χ4n) is 2.40. The van der Waals surface area contributed by atoms with Crippen LogP contribution in [0.5, 0.6) is 0 Å². The summed E-state index contributed by atoms with van der Waals surface area (Å²) in [6, 6.07) is 2.85. The minimum absolute atomic E-state index is 0.0236. The van der Waals surface area contributed by atoms with Crippen LogP contribution < -0.4 is 10.5 Å². The molecule has 0 aliphatic heterocycles. The molecule has 1 saturated carbocycles. The Morgan fingerprint density at radius 3 is 2.35 bits per heavy atom. The maximum atomic E-state index is 12.4. The van der Waals surface area contributed by atoms with Crippen LogP contribution in [-0.4, -0.2) is 19.9 Å². The van der Waals surface area contributed by atoms with Crippen molar-refractivity contribution in [3.8, 4) is 0 Å². The van der Waals surface area contributed by atoms with E-state index in [9.17, 15) is 13.2 Å². The molecule has 1 aromatic carbocycles. The van der Waals surface area contributed by atoms with Gasteiger partial charge in [0.1, 0.15) is 0 Å². The average Bonchev–Trinajstić information content (AvgIpc) is 2.28. The first-order valence-electron chi connectivity index (χ1n) is 6.59. The second-order valence-corrected chi connectivity index (χ2v) is 7.39. The van der Waals surface area contributed by atoms with Gasteiger partial charge < -0.3 is 5.32 Å². The zero-order chi connectivity index (χ0) is 15.1. The van der Waals surface area contributed by atoms with Gasteiger partial charge in [-0.15, -0.1) is 0 Å². The molecule has 3 N–H and O–H groups in total. The molecule has 0 heterocycles. The van der Waals surface area contributed by atoms with Gasteiger partial charge in [-0.2, -0.15) is 0 Å². The van der Waals surface area contributed by atoms with Crippen molar-refractivity contribution in [1.29, 1.82) is 0 Å². The van der Waals surface area contributed by atoms with Gasteiger partial charge in [0.15, 0.2) is 0 Å². The molecule has 2 rings (SSSR count). The third kappa shape index (κ3) is 2.86. The maximum absolute atomic E-state index is 12.4. The quantitative estimate of drug-likeness (QED) is 0.888. The van der Waals surface area contributed by atoms with Crippen molar-refractivity contribution in [3.63, 3.8) is 0 Å². The number of benzene rings is 1. The minimum atomic E-state index is -3.81. The van der Waals surface area contributed by atoms with Crippen molar-refractivity contribution < 1.29 is 13.2 Å². The summed E-state index contributed by atoms with van der Waals surface area (Å²) in [6.07, 6.45) is 3.00. The number of nitrogens with two attached hydrogens (primary N) is 1. The van der Waals surface area contributed by atoms with Crippen LogP contribution in [0.1, 0.15) is 47.7 Å². The number of nitrogens with one attached hydrogen (secondary N) is 1. The fourth-order valence-corrected chi connectivity index (χ4v) is 3.02. The lowest BCUT2D eigenvalue weighted by molar-refractivity contribution is 0.0849. The highest BCUT2D eigenvalue weighted by molar-refractivity contribution is 7.89. The Hall–Kier alpha value is -1.40. The number of hydrogen-bond acceptors (Lipinski definition) is 3. The molecule has 1 amide bonds. The maximum Gasteiger partial charge on any atom is 0.252 e. The Labute approximate surface area is 119 Å². The predicted molar refractivity (Wildman–Crippen MR) is 77.0 cm³/mol. The summed E-state index contributed by atoms with van der Waals surface area (Å²) in [4.78, 5) is 12.3. The third-order valence-electron chi connectivity index (χ3n) is 4.09. The molecule has 110 valence electrons. The summed E-state index contributed by atoms with van der Waals surface area (Å²) < 4.78 is 22.9. The van der Waals surface area contributed by atoms with Crippen LogP contribution in [0.4, 0.5) is 0 Å². The molecule has 1 aliphatic rings. The average molecular weight is 296 g/mol. The molecule has 1 fully saturated rings. The van der Waals surface area contributed by atoms with Crippen molar-refractivity contribution in [2.45, 2.75) is 50.5 Å². The first kappa shape index (κ1) is 15.0. The summed E-state index contributed by atoms with van der Waals surface area (Å²) in [7, 11) is -3.81. The van der Waals surface area contributed by atoms with Gasteiger partial charge in [-0.3, -0.25) is 4.79 Å². The minimum Gasteiger partial charge on any atom is -0.347 e. The van der Waals surface area contributed by atoms with E-state index in [1.807, 2.05) is 6.92 Å². The standard InChI is InChI=1S/C14H20N2O3S/c1-9-7-11(20(15,18)19)8-12(10(9)2)13(17)16-14(3)5-4-6-14/h7-8H,4-6H2,1-3H3,(H,16,17)(H2,15,18,19). The smallest absolute Gasteiger partial charge is 0.252 e. The Morgan fingerprint density at radius 2 is 1.90 bits per heavy atom. The first-order valence-corrected chi connectivity index (χ1v) is 8.14. The molecule has 0 atom stereocenters. The largest absolute Gasteiger partial charge is 0.347 e. The van der Waals surface area contributed by atoms with E-state index >= 15 is 0 Å². The van der Waals surface area contributed by atoms with Gasteiger partial charge in [0.05, 0.1) is 4.90 Å². The van der Waals surface area contributed by atoms with Crippen molar-refractivity contribution >= 4 is 15.9 Å². The lowest BCUT2D eigenvalue weighted by atomic mass is 9.78. The molecule has 0 aromatic heterocycles. The van der Waals surface area contributed by atoms with Crippen LogP contribution in [0.15, 0.2) is 17.0 Å². The van der Waals surface area contributed by atoms with E-state index in [0.29, 0.717) is 5.56 Å². The topological polar surface area (TPSA) is 89.3 Å². The summed E-state index contributed by atoms with van der Waals surface area (Å²) in [5, 5.41) is 8.13. The van der Waals surface area contributed by atoms with E-state index in [4.69, 9.17) is 5.14 Å². The van der Waals surface area contributed by atoms with Gasteiger partial charge in [-0.1, -0.05) is 0 Å². The number of aryl methyl sites for hydroxylation is 1. The Bertz CT molecular complexity index is 661. The summed E-state index contributed by atoms with van der Waals surface area (Å²) in [5.74, 6) is -0.238. The summed E-state index contributed by atoms with van der Waals surface area (Å²) in [6.45, 7) is 5.58. The highest BCUT2D eigenvalue weighted by Crippen LogP contribution is 2.31. The summed E-state index contributed by atoms with van der Waals surface area (Å²) in [5.41, 5.74) is 1.72. The van der Waals surface area contributed by atoms with Crippen LogP contribution in [0.25, 0.3) is 0 Å². The lowest BCUT2D eigenvalue weighted by Crippen LogP contribution is -2.51. The Kier molecular flexibility index (Phi) is 3.64. The molecule has 0 saturated heterocycles. The van der Waals surface area contributed by atoms with Gasteiger partial charge in [-0.05, 0) is 63.3 Å². The molecule has 5 nitrogen and oxygen atoms in total. The van der Waals surface area contributed by atoms with Crippen molar-refractivity contribution in [3.05, 3.63) is 28.8 Å². The van der Waals surface area contributed by atoms with Gasteiger partial charge in [0, 0.05) is 11.1 Å². The number of sulfonamides is 1. The summed E-state index contributed by atoms with van der Waals surface area (Å²) >= 11 is 0. The molecular formula is C14H20N2O3S. The van der Waals surface area contributed by atoms with Crippen LogP contribution in [0.3, 0.4) is 0 Å². The number of amides is 1. The van der Waals surface area contributed by atoms with E-state index in [1.165, 1.54) is 12.1 Å². The number of carbonyl (C=O) groups is 1. The van der Waals surface area contributed by atoms with E-state index in [-0.39, 0.29) is 16.3 Å². The second-order valence-electron chi connectivity index (χ2n) is 5.83. The Morgan fingerprint density at radius 1 is 1.30 bits per heavy atom. The molecule has 0 spiro atoms. The fraction of sp³-hybridized carbons (Fsp3) is 0.500. The highest BCUT2D eigenvalue weighted by atomic mass is 32.2. The monoisotopic (exact) mass is 296 g/mol. The molecule has 6 heteroatoms. The van der Waals surface area contributed by atoms with Gasteiger partial charge in [0.2, 0.25) is 10.0 Å². The van der Waals surface area contributed by atoms with Crippen LogP contribution in [-0.2, 0) is 10.0 Å². The van der Waals surface area contributed by atoms with E-state index in [2.05, 4.69) is 5.32 Å². The molecule has 20 heavy (non-hydrogen) atoms. The number of primary sulfonamides is 1. The Balaban J connectivity index is 2.40. The number of carbonyl (C=O) groups excluding carboxylic acids is 1. The van der Waals surface area contributed by atoms with Crippen molar-refractivity contribution in [1.82, 2.24) is 5.32 Å². The number of hydrogen-bond donors (Lipinski definition) is 2. The number of rotatable bonds is 3. The first-order chi connectivity index (χ1) is 9.12. The van der Waals surface area contributed by atoms with Crippen molar-refractivity contribution in [2.24, 2.45) is 5.14 Å². The zero-order valence-corrected chi connectivity index (χ0v) is 12.8.